The SMILES string of the molecule is [C-]#[N+]CC(=O)C1CCCO1. The van der Waals surface area contributed by atoms with Gasteiger partial charge in [-0.05, 0) is 12.8 Å². The first-order valence-corrected chi connectivity index (χ1v) is 3.32. The monoisotopic (exact) mass is 139 g/mol. The van der Waals surface area contributed by atoms with E-state index < -0.39 is 0 Å². The van der Waals surface area contributed by atoms with E-state index in [1.165, 1.54) is 0 Å². The molecular formula is C7H9NO2. The van der Waals surface area contributed by atoms with Crippen LogP contribution >= 0.6 is 0 Å². The molecule has 0 aliphatic carbocycles. The van der Waals surface area contributed by atoms with Gasteiger partial charge in [0.15, 0.2) is 0 Å². The largest absolute Gasteiger partial charge is 0.370 e. The third kappa shape index (κ3) is 1.55. The number of rotatable bonds is 2. The average molecular weight is 139 g/mol. The minimum Gasteiger partial charge on any atom is -0.370 e. The first-order valence-electron chi connectivity index (χ1n) is 3.32. The molecule has 1 saturated heterocycles. The van der Waals surface area contributed by atoms with Crippen LogP contribution in [0.5, 0.6) is 0 Å². The van der Waals surface area contributed by atoms with Crippen LogP contribution in [0.1, 0.15) is 12.8 Å². The zero-order valence-corrected chi connectivity index (χ0v) is 5.67. The Morgan fingerprint density at radius 3 is 3.10 bits per heavy atom. The third-order valence-electron chi connectivity index (χ3n) is 1.52. The maximum Gasteiger partial charge on any atom is 0.274 e. The van der Waals surface area contributed by atoms with Gasteiger partial charge in [-0.2, -0.15) is 0 Å². The van der Waals surface area contributed by atoms with E-state index in [9.17, 15) is 4.79 Å². The van der Waals surface area contributed by atoms with Crippen molar-refractivity contribution in [1.82, 2.24) is 0 Å². The van der Waals surface area contributed by atoms with Gasteiger partial charge < -0.3 is 9.58 Å². The fourth-order valence-electron chi connectivity index (χ4n) is 1.01. The molecule has 1 unspecified atom stereocenters. The van der Waals surface area contributed by atoms with Crippen LogP contribution in [0.25, 0.3) is 4.85 Å². The van der Waals surface area contributed by atoms with Crippen LogP contribution in [-0.2, 0) is 9.53 Å². The maximum absolute atomic E-state index is 10.9. The van der Waals surface area contributed by atoms with E-state index in [0.29, 0.717) is 6.61 Å². The summed E-state index contributed by atoms with van der Waals surface area (Å²) >= 11 is 0. The smallest absolute Gasteiger partial charge is 0.274 e. The van der Waals surface area contributed by atoms with Crippen molar-refractivity contribution >= 4 is 5.78 Å². The van der Waals surface area contributed by atoms with Crippen LogP contribution < -0.4 is 0 Å². The Hall–Kier alpha value is -0.880. The van der Waals surface area contributed by atoms with Gasteiger partial charge in [0, 0.05) is 6.61 Å². The molecule has 10 heavy (non-hydrogen) atoms. The average Bonchev–Trinajstić information content (AvgIpc) is 2.38. The standard InChI is InChI=1S/C7H9NO2/c1-8-5-6(9)7-3-2-4-10-7/h7H,2-5H2. The molecule has 1 heterocycles. The minimum absolute atomic E-state index is 0.0231. The minimum atomic E-state index is -0.269. The lowest BCUT2D eigenvalue weighted by Crippen LogP contribution is -2.20. The number of carbonyl (C=O) groups is 1. The van der Waals surface area contributed by atoms with Gasteiger partial charge in [0.2, 0.25) is 5.78 Å². The highest BCUT2D eigenvalue weighted by atomic mass is 16.5. The maximum atomic E-state index is 10.9. The summed E-state index contributed by atoms with van der Waals surface area (Å²) in [4.78, 5) is 13.9. The zero-order valence-electron chi connectivity index (χ0n) is 5.67. The first kappa shape index (κ1) is 7.23. The highest BCUT2D eigenvalue weighted by Crippen LogP contribution is 2.12. The van der Waals surface area contributed by atoms with E-state index in [4.69, 9.17) is 11.3 Å². The number of Topliss-reactive ketones (excluding diaryl/α,β-unsaturated/α-hetero) is 1. The summed E-state index contributed by atoms with van der Waals surface area (Å²) in [5, 5.41) is 0. The van der Waals surface area contributed by atoms with Crippen LogP contribution in [0.4, 0.5) is 0 Å². The Balaban J connectivity index is 2.34. The molecule has 0 aromatic heterocycles. The molecule has 54 valence electrons. The van der Waals surface area contributed by atoms with Crippen LogP contribution in [0.15, 0.2) is 0 Å². The van der Waals surface area contributed by atoms with E-state index in [1.807, 2.05) is 0 Å². The van der Waals surface area contributed by atoms with Crippen LogP contribution in [0, 0.1) is 6.57 Å². The molecule has 0 N–H and O–H groups in total. The molecule has 0 radical (unpaired) electrons. The van der Waals surface area contributed by atoms with E-state index >= 15 is 0 Å². The third-order valence-corrected chi connectivity index (χ3v) is 1.52. The normalized spacial score (nSPS) is 24.1. The lowest BCUT2D eigenvalue weighted by atomic mass is 10.2. The Morgan fingerprint density at radius 1 is 1.80 bits per heavy atom. The fourth-order valence-corrected chi connectivity index (χ4v) is 1.01. The second-order valence-electron chi connectivity index (χ2n) is 2.28. The summed E-state index contributed by atoms with van der Waals surface area (Å²) in [5.41, 5.74) is 0. The predicted molar refractivity (Wildman–Crippen MR) is 35.5 cm³/mol. The highest BCUT2D eigenvalue weighted by Gasteiger charge is 2.24. The number of nitrogens with zero attached hydrogens (tertiary/aromatic N) is 1. The van der Waals surface area contributed by atoms with Crippen molar-refractivity contribution in [2.75, 3.05) is 13.2 Å². The van der Waals surface area contributed by atoms with Crippen molar-refractivity contribution in [3.8, 4) is 0 Å². The van der Waals surface area contributed by atoms with Crippen molar-refractivity contribution in [2.45, 2.75) is 18.9 Å². The quantitative estimate of drug-likeness (QED) is 0.526. The molecule has 0 aromatic carbocycles. The van der Waals surface area contributed by atoms with Gasteiger partial charge >= 0.3 is 0 Å². The lowest BCUT2D eigenvalue weighted by Gasteiger charge is -2.00. The van der Waals surface area contributed by atoms with E-state index in [1.54, 1.807) is 0 Å². The predicted octanol–water partition coefficient (Wildman–Crippen LogP) is 0.654. The van der Waals surface area contributed by atoms with Crippen LogP contribution in [0.2, 0.25) is 0 Å². The van der Waals surface area contributed by atoms with E-state index in [0.717, 1.165) is 12.8 Å². The summed E-state index contributed by atoms with van der Waals surface area (Å²) in [6, 6.07) is 0. The van der Waals surface area contributed by atoms with Crippen molar-refractivity contribution in [2.24, 2.45) is 0 Å². The number of ether oxygens (including phenoxy) is 1. The van der Waals surface area contributed by atoms with Crippen LogP contribution in [0.3, 0.4) is 0 Å². The summed E-state index contributed by atoms with van der Waals surface area (Å²) in [6.07, 6.45) is 1.48. The number of hydrogen-bond donors (Lipinski definition) is 0. The molecular weight excluding hydrogens is 130 g/mol. The Morgan fingerprint density at radius 2 is 2.60 bits per heavy atom. The van der Waals surface area contributed by atoms with Crippen LogP contribution in [-0.4, -0.2) is 25.0 Å². The van der Waals surface area contributed by atoms with Gasteiger partial charge in [0.25, 0.3) is 6.54 Å². The van der Waals surface area contributed by atoms with Gasteiger partial charge in [0.1, 0.15) is 6.10 Å². The summed E-state index contributed by atoms with van der Waals surface area (Å²) in [5.74, 6) is -0.0625. The molecule has 0 bridgehead atoms. The van der Waals surface area contributed by atoms with Gasteiger partial charge in [-0.1, -0.05) is 0 Å². The molecule has 1 atom stereocenters. The number of carbonyl (C=O) groups excluding carboxylic acids is 1. The highest BCUT2D eigenvalue weighted by molar-refractivity contribution is 5.86. The summed E-state index contributed by atoms with van der Waals surface area (Å²) < 4.78 is 5.07. The fraction of sp³-hybridized carbons (Fsp3) is 0.714. The molecule has 0 spiro atoms. The van der Waals surface area contributed by atoms with Crippen molar-refractivity contribution in [3.63, 3.8) is 0 Å². The molecule has 1 aliphatic rings. The van der Waals surface area contributed by atoms with Crippen molar-refractivity contribution in [3.05, 3.63) is 11.4 Å². The Bertz CT molecular complexity index is 165. The molecule has 1 fully saturated rings. The van der Waals surface area contributed by atoms with Crippen molar-refractivity contribution in [1.29, 1.82) is 0 Å². The first-order chi connectivity index (χ1) is 4.84. The topological polar surface area (TPSA) is 30.7 Å². The van der Waals surface area contributed by atoms with Gasteiger partial charge in [-0.25, -0.2) is 6.57 Å². The Labute approximate surface area is 59.8 Å². The molecule has 1 aliphatic heterocycles. The molecule has 0 amide bonds. The Kier molecular flexibility index (Phi) is 2.41. The molecule has 3 heteroatoms. The van der Waals surface area contributed by atoms with E-state index in [-0.39, 0.29) is 18.4 Å². The lowest BCUT2D eigenvalue weighted by molar-refractivity contribution is -0.125. The molecule has 0 saturated carbocycles. The molecule has 0 aromatic rings. The van der Waals surface area contributed by atoms with Crippen molar-refractivity contribution < 1.29 is 9.53 Å². The van der Waals surface area contributed by atoms with Gasteiger partial charge in [0.05, 0.1) is 0 Å². The number of ketones is 1. The van der Waals surface area contributed by atoms with Gasteiger partial charge in [-0.15, -0.1) is 0 Å². The molecule has 1 rings (SSSR count). The summed E-state index contributed by atoms with van der Waals surface area (Å²) in [6.45, 7) is 7.10. The zero-order chi connectivity index (χ0) is 7.40. The second kappa shape index (κ2) is 3.33. The second-order valence-corrected chi connectivity index (χ2v) is 2.28. The van der Waals surface area contributed by atoms with E-state index in [2.05, 4.69) is 4.85 Å². The number of hydrogen-bond acceptors (Lipinski definition) is 2. The molecule has 3 nitrogen and oxygen atoms in total. The van der Waals surface area contributed by atoms with Gasteiger partial charge in [-0.3, -0.25) is 4.79 Å². The summed E-state index contributed by atoms with van der Waals surface area (Å²) in [7, 11) is 0.